The number of carbonyl (C=O) groups is 2. The Morgan fingerprint density at radius 1 is 1.21 bits per heavy atom. The van der Waals surface area contributed by atoms with Crippen LogP contribution in [-0.4, -0.2) is 30.1 Å². The first-order chi connectivity index (χ1) is 11.5. The van der Waals surface area contributed by atoms with E-state index in [1.165, 1.54) is 6.20 Å². The first-order valence-corrected chi connectivity index (χ1v) is 7.59. The summed E-state index contributed by atoms with van der Waals surface area (Å²) in [5.41, 5.74) is 2.29. The summed E-state index contributed by atoms with van der Waals surface area (Å²) in [5.74, 6) is -0.535. The molecule has 1 aromatic carbocycles. The standard InChI is InChI=1S/C17H17ClN2O4/c1-11-5-6-12(2)14(8-11)23-10-16(22)24-9-15(21)20-13-4-3-7-19-17(13)18/h3-8H,9-10H2,1-2H3,(H,20,21). The third-order valence-corrected chi connectivity index (χ3v) is 3.39. The zero-order valence-corrected chi connectivity index (χ0v) is 14.1. The van der Waals surface area contributed by atoms with Gasteiger partial charge in [-0.05, 0) is 43.2 Å². The number of rotatable bonds is 6. The lowest BCUT2D eigenvalue weighted by atomic mass is 10.1. The van der Waals surface area contributed by atoms with E-state index >= 15 is 0 Å². The van der Waals surface area contributed by atoms with Crippen LogP contribution in [0.4, 0.5) is 5.69 Å². The number of halogens is 1. The Labute approximate surface area is 144 Å². The maximum Gasteiger partial charge on any atom is 0.344 e. The summed E-state index contributed by atoms with van der Waals surface area (Å²) in [6.45, 7) is 3.11. The molecule has 0 aliphatic carbocycles. The Bertz CT molecular complexity index is 749. The highest BCUT2D eigenvalue weighted by molar-refractivity contribution is 6.32. The lowest BCUT2D eigenvalue weighted by molar-refractivity contribution is -0.149. The molecule has 7 heteroatoms. The molecule has 1 amide bonds. The summed E-state index contributed by atoms with van der Waals surface area (Å²) in [6, 6.07) is 8.92. The first-order valence-electron chi connectivity index (χ1n) is 7.22. The molecule has 0 spiro atoms. The van der Waals surface area contributed by atoms with Crippen LogP contribution < -0.4 is 10.1 Å². The molecule has 126 valence electrons. The fraction of sp³-hybridized carbons (Fsp3) is 0.235. The second-order valence-electron chi connectivity index (χ2n) is 5.11. The molecule has 0 unspecified atom stereocenters. The number of carbonyl (C=O) groups excluding carboxylic acids is 2. The van der Waals surface area contributed by atoms with Gasteiger partial charge in [0, 0.05) is 6.20 Å². The number of aryl methyl sites for hydroxylation is 2. The van der Waals surface area contributed by atoms with Gasteiger partial charge < -0.3 is 14.8 Å². The van der Waals surface area contributed by atoms with Gasteiger partial charge in [-0.25, -0.2) is 9.78 Å². The third-order valence-electron chi connectivity index (χ3n) is 3.09. The molecule has 24 heavy (non-hydrogen) atoms. The van der Waals surface area contributed by atoms with Gasteiger partial charge in [-0.1, -0.05) is 23.7 Å². The molecule has 1 N–H and O–H groups in total. The van der Waals surface area contributed by atoms with Gasteiger partial charge in [-0.15, -0.1) is 0 Å². The van der Waals surface area contributed by atoms with Gasteiger partial charge in [0.1, 0.15) is 5.75 Å². The van der Waals surface area contributed by atoms with Crippen LogP contribution in [0.3, 0.4) is 0 Å². The number of hydrogen-bond acceptors (Lipinski definition) is 5. The van der Waals surface area contributed by atoms with Crippen molar-refractivity contribution in [3.05, 3.63) is 52.8 Å². The van der Waals surface area contributed by atoms with E-state index in [9.17, 15) is 9.59 Å². The van der Waals surface area contributed by atoms with Crippen molar-refractivity contribution in [3.63, 3.8) is 0 Å². The van der Waals surface area contributed by atoms with Gasteiger partial charge in [0.05, 0.1) is 5.69 Å². The molecule has 0 fully saturated rings. The number of nitrogens with one attached hydrogen (secondary N) is 1. The first kappa shape index (κ1) is 17.7. The highest BCUT2D eigenvalue weighted by atomic mass is 35.5. The predicted octanol–water partition coefficient (Wildman–Crippen LogP) is 2.91. The van der Waals surface area contributed by atoms with E-state index in [1.807, 2.05) is 32.0 Å². The smallest absolute Gasteiger partial charge is 0.344 e. The normalized spacial score (nSPS) is 10.1. The molecule has 0 saturated heterocycles. The number of pyridine rings is 1. The summed E-state index contributed by atoms with van der Waals surface area (Å²) in [4.78, 5) is 27.2. The highest BCUT2D eigenvalue weighted by Gasteiger charge is 2.11. The van der Waals surface area contributed by atoms with Gasteiger partial charge in [0.2, 0.25) is 0 Å². The molecular weight excluding hydrogens is 332 g/mol. The third kappa shape index (κ3) is 5.24. The SMILES string of the molecule is Cc1ccc(C)c(OCC(=O)OCC(=O)Nc2cccnc2Cl)c1. The Morgan fingerprint density at radius 2 is 2.00 bits per heavy atom. The van der Waals surface area contributed by atoms with Crippen LogP contribution in [0.2, 0.25) is 5.15 Å². The van der Waals surface area contributed by atoms with E-state index < -0.39 is 18.5 Å². The van der Waals surface area contributed by atoms with E-state index in [0.29, 0.717) is 11.4 Å². The van der Waals surface area contributed by atoms with Crippen molar-refractivity contribution in [2.75, 3.05) is 18.5 Å². The number of benzene rings is 1. The second-order valence-corrected chi connectivity index (χ2v) is 5.47. The van der Waals surface area contributed by atoms with E-state index in [1.54, 1.807) is 12.1 Å². The molecule has 0 radical (unpaired) electrons. The average Bonchev–Trinajstić information content (AvgIpc) is 2.56. The lowest BCUT2D eigenvalue weighted by Crippen LogP contribution is -2.24. The molecule has 0 bridgehead atoms. The lowest BCUT2D eigenvalue weighted by Gasteiger charge is -2.10. The Balaban J connectivity index is 1.77. The summed E-state index contributed by atoms with van der Waals surface area (Å²) >= 11 is 5.82. The van der Waals surface area contributed by atoms with Crippen LogP contribution in [0.5, 0.6) is 5.75 Å². The number of amides is 1. The van der Waals surface area contributed by atoms with Crippen LogP contribution in [0, 0.1) is 13.8 Å². The maximum absolute atomic E-state index is 11.7. The number of nitrogens with zero attached hydrogens (tertiary/aromatic N) is 1. The Morgan fingerprint density at radius 3 is 2.75 bits per heavy atom. The summed E-state index contributed by atoms with van der Waals surface area (Å²) in [7, 11) is 0. The summed E-state index contributed by atoms with van der Waals surface area (Å²) in [6.07, 6.45) is 1.50. The topological polar surface area (TPSA) is 77.5 Å². The highest BCUT2D eigenvalue weighted by Crippen LogP contribution is 2.19. The van der Waals surface area contributed by atoms with Crippen molar-refractivity contribution in [3.8, 4) is 5.75 Å². The molecule has 0 atom stereocenters. The number of aromatic nitrogens is 1. The van der Waals surface area contributed by atoms with E-state index in [0.717, 1.165) is 11.1 Å². The molecule has 0 aliphatic heterocycles. The van der Waals surface area contributed by atoms with Crippen LogP contribution in [0.25, 0.3) is 0 Å². The maximum atomic E-state index is 11.7. The molecule has 2 rings (SSSR count). The van der Waals surface area contributed by atoms with Crippen molar-refractivity contribution in [2.24, 2.45) is 0 Å². The molecule has 0 saturated carbocycles. The van der Waals surface area contributed by atoms with Gasteiger partial charge in [-0.3, -0.25) is 4.79 Å². The van der Waals surface area contributed by atoms with Gasteiger partial charge in [0.15, 0.2) is 18.4 Å². The minimum atomic E-state index is -0.636. The largest absolute Gasteiger partial charge is 0.482 e. The van der Waals surface area contributed by atoms with Gasteiger partial charge >= 0.3 is 5.97 Å². The fourth-order valence-corrected chi connectivity index (χ4v) is 2.02. The summed E-state index contributed by atoms with van der Waals surface area (Å²) in [5, 5.41) is 2.67. The number of esters is 1. The number of anilines is 1. The average molecular weight is 349 g/mol. The molecule has 1 aromatic heterocycles. The van der Waals surface area contributed by atoms with Crippen LogP contribution in [0.15, 0.2) is 36.5 Å². The van der Waals surface area contributed by atoms with Crippen molar-refractivity contribution in [1.82, 2.24) is 4.98 Å². The monoisotopic (exact) mass is 348 g/mol. The van der Waals surface area contributed by atoms with E-state index in [-0.39, 0.29) is 11.8 Å². The van der Waals surface area contributed by atoms with Crippen LogP contribution in [0.1, 0.15) is 11.1 Å². The predicted molar refractivity (Wildman–Crippen MR) is 90.2 cm³/mol. The minimum Gasteiger partial charge on any atom is -0.482 e. The molecule has 2 aromatic rings. The quantitative estimate of drug-likeness (QED) is 0.641. The molecule has 6 nitrogen and oxygen atoms in total. The number of ether oxygens (including phenoxy) is 2. The van der Waals surface area contributed by atoms with Crippen molar-refractivity contribution in [2.45, 2.75) is 13.8 Å². The van der Waals surface area contributed by atoms with Gasteiger partial charge in [0.25, 0.3) is 5.91 Å². The van der Waals surface area contributed by atoms with E-state index in [2.05, 4.69) is 10.3 Å². The van der Waals surface area contributed by atoms with Crippen molar-refractivity contribution >= 4 is 29.2 Å². The molecule has 0 aliphatic rings. The van der Waals surface area contributed by atoms with Crippen LogP contribution >= 0.6 is 11.6 Å². The summed E-state index contributed by atoms with van der Waals surface area (Å²) < 4.78 is 10.3. The Hall–Kier alpha value is -2.60. The number of hydrogen-bond donors (Lipinski definition) is 1. The second kappa shape index (κ2) is 8.31. The van der Waals surface area contributed by atoms with E-state index in [4.69, 9.17) is 21.1 Å². The van der Waals surface area contributed by atoms with Crippen molar-refractivity contribution in [1.29, 1.82) is 0 Å². The zero-order chi connectivity index (χ0) is 17.5. The zero-order valence-electron chi connectivity index (χ0n) is 13.3. The molecular formula is C17H17ClN2O4. The Kier molecular flexibility index (Phi) is 6.14. The molecule has 1 heterocycles. The minimum absolute atomic E-state index is 0.162. The fourth-order valence-electron chi connectivity index (χ4n) is 1.85. The van der Waals surface area contributed by atoms with Gasteiger partial charge in [-0.2, -0.15) is 0 Å². The van der Waals surface area contributed by atoms with Crippen LogP contribution in [-0.2, 0) is 14.3 Å². The van der Waals surface area contributed by atoms with Crippen molar-refractivity contribution < 1.29 is 19.1 Å².